The number of nitrogens with zero attached hydrogens (tertiary/aromatic N) is 1. The summed E-state index contributed by atoms with van der Waals surface area (Å²) in [5, 5.41) is 0.900. The lowest BCUT2D eigenvalue weighted by Gasteiger charge is -2.30. The Hall–Kier alpha value is -0.240. The van der Waals surface area contributed by atoms with Gasteiger partial charge >= 0.3 is 0 Å². The second-order valence-corrected chi connectivity index (χ2v) is 6.58. The van der Waals surface area contributed by atoms with Gasteiger partial charge in [0, 0.05) is 10.6 Å². The molecule has 0 aliphatic carbocycles. The third kappa shape index (κ3) is 8.14. The van der Waals surface area contributed by atoms with Crippen molar-refractivity contribution in [1.29, 1.82) is 0 Å². The summed E-state index contributed by atoms with van der Waals surface area (Å²) in [6.07, 6.45) is 8.19. The van der Waals surface area contributed by atoms with Crippen molar-refractivity contribution in [3.8, 4) is 0 Å². The Labute approximate surface area is 136 Å². The van der Waals surface area contributed by atoms with Gasteiger partial charge in [-0.1, -0.05) is 62.4 Å². The molecule has 0 radical (unpaired) electrons. The van der Waals surface area contributed by atoms with E-state index in [4.69, 9.17) is 11.6 Å². The number of halogens is 2. The van der Waals surface area contributed by atoms with E-state index >= 15 is 0 Å². The van der Waals surface area contributed by atoms with Crippen LogP contribution in [0.25, 0.3) is 0 Å². The molecule has 0 spiro atoms. The van der Waals surface area contributed by atoms with E-state index in [2.05, 4.69) is 33.2 Å². The van der Waals surface area contributed by atoms with Crippen LogP contribution < -0.4 is 12.4 Å². The lowest BCUT2D eigenvalue weighted by molar-refractivity contribution is -0.903. The maximum absolute atomic E-state index is 6.24. The van der Waals surface area contributed by atoms with E-state index in [9.17, 15) is 0 Å². The first-order valence-corrected chi connectivity index (χ1v) is 7.98. The molecule has 1 aromatic rings. The highest BCUT2D eigenvalue weighted by atomic mass is 35.5. The molecule has 20 heavy (non-hydrogen) atoms. The van der Waals surface area contributed by atoms with Crippen LogP contribution >= 0.6 is 11.6 Å². The van der Waals surface area contributed by atoms with E-state index in [0.717, 1.165) is 16.1 Å². The molecule has 0 saturated carbocycles. The van der Waals surface area contributed by atoms with Crippen LogP contribution in [0.1, 0.15) is 51.0 Å². The minimum absolute atomic E-state index is 0. The van der Waals surface area contributed by atoms with Gasteiger partial charge in [-0.25, -0.2) is 0 Å². The highest BCUT2D eigenvalue weighted by Crippen LogP contribution is 2.19. The third-order valence-electron chi connectivity index (χ3n) is 3.67. The maximum Gasteiger partial charge on any atom is 0.105 e. The Morgan fingerprint density at radius 2 is 1.55 bits per heavy atom. The predicted octanol–water partition coefficient (Wildman–Crippen LogP) is 2.28. The number of hydrogen-bond donors (Lipinski definition) is 0. The lowest BCUT2D eigenvalue weighted by Crippen LogP contribution is -3.00. The Bertz CT molecular complexity index is 364. The van der Waals surface area contributed by atoms with E-state index in [0.29, 0.717) is 0 Å². The zero-order valence-corrected chi connectivity index (χ0v) is 14.7. The van der Waals surface area contributed by atoms with Crippen molar-refractivity contribution in [1.82, 2.24) is 0 Å². The fourth-order valence-electron chi connectivity index (χ4n) is 2.49. The van der Waals surface area contributed by atoms with Crippen molar-refractivity contribution in [2.75, 3.05) is 20.6 Å². The summed E-state index contributed by atoms with van der Waals surface area (Å²) in [5.74, 6) is 0. The molecule has 1 aromatic carbocycles. The average Bonchev–Trinajstić information content (AvgIpc) is 2.36. The largest absolute Gasteiger partial charge is 1.00 e. The average molecular weight is 318 g/mol. The number of benzene rings is 1. The van der Waals surface area contributed by atoms with Gasteiger partial charge in [-0.15, -0.1) is 0 Å². The minimum Gasteiger partial charge on any atom is -1.00 e. The van der Waals surface area contributed by atoms with Crippen LogP contribution in [-0.2, 0) is 6.54 Å². The Morgan fingerprint density at radius 1 is 0.950 bits per heavy atom. The second-order valence-electron chi connectivity index (χ2n) is 6.18. The van der Waals surface area contributed by atoms with Gasteiger partial charge in [-0.05, 0) is 18.9 Å². The molecule has 0 saturated heterocycles. The van der Waals surface area contributed by atoms with Crippen molar-refractivity contribution in [3.05, 3.63) is 34.9 Å². The quantitative estimate of drug-likeness (QED) is 0.484. The number of rotatable bonds is 9. The summed E-state index contributed by atoms with van der Waals surface area (Å²) in [6.45, 7) is 4.52. The fraction of sp³-hybridized carbons (Fsp3) is 0.647. The van der Waals surface area contributed by atoms with Gasteiger partial charge < -0.3 is 16.9 Å². The molecule has 0 aliphatic rings. The molecule has 0 N–H and O–H groups in total. The van der Waals surface area contributed by atoms with Gasteiger partial charge in [0.05, 0.1) is 20.6 Å². The number of unbranched alkanes of at least 4 members (excludes halogenated alkanes) is 5. The second kappa shape index (κ2) is 10.5. The highest BCUT2D eigenvalue weighted by Gasteiger charge is 2.16. The van der Waals surface area contributed by atoms with E-state index in [1.54, 1.807) is 0 Å². The summed E-state index contributed by atoms with van der Waals surface area (Å²) in [6, 6.07) is 8.21. The standard InChI is InChI=1S/C17H29ClN.ClH/c1-4-5-6-7-8-11-14-19(2,3)15-16-12-9-10-13-17(16)18;/h9-10,12-13H,4-8,11,14-15H2,1-3H3;1H/q+1;/p-1. The summed E-state index contributed by atoms with van der Waals surface area (Å²) in [7, 11) is 4.60. The Balaban J connectivity index is 0.00000361. The van der Waals surface area contributed by atoms with Crippen molar-refractivity contribution >= 4 is 11.6 Å². The van der Waals surface area contributed by atoms with Crippen LogP contribution in [0.15, 0.2) is 24.3 Å². The SMILES string of the molecule is CCCCCCCC[N+](C)(C)Cc1ccccc1Cl.[Cl-]. The van der Waals surface area contributed by atoms with Crippen molar-refractivity contribution in [2.45, 2.75) is 52.0 Å². The monoisotopic (exact) mass is 317 g/mol. The molecule has 0 fully saturated rings. The molecule has 1 rings (SSSR count). The molecule has 0 aliphatic heterocycles. The molecule has 0 amide bonds. The Morgan fingerprint density at radius 3 is 2.20 bits per heavy atom. The third-order valence-corrected chi connectivity index (χ3v) is 4.04. The van der Waals surface area contributed by atoms with Crippen LogP contribution in [0.3, 0.4) is 0 Å². The maximum atomic E-state index is 6.24. The van der Waals surface area contributed by atoms with Crippen molar-refractivity contribution in [3.63, 3.8) is 0 Å². The molecule has 0 unspecified atom stereocenters. The van der Waals surface area contributed by atoms with Crippen molar-refractivity contribution < 1.29 is 16.9 Å². The van der Waals surface area contributed by atoms with E-state index in [-0.39, 0.29) is 12.4 Å². The molecule has 116 valence electrons. The first-order chi connectivity index (χ1) is 9.05. The van der Waals surface area contributed by atoms with Gasteiger partial charge in [-0.3, -0.25) is 0 Å². The van der Waals surface area contributed by atoms with Gasteiger partial charge in [0.25, 0.3) is 0 Å². The summed E-state index contributed by atoms with van der Waals surface area (Å²) in [4.78, 5) is 0. The summed E-state index contributed by atoms with van der Waals surface area (Å²) in [5.41, 5.74) is 1.26. The smallest absolute Gasteiger partial charge is 0.105 e. The summed E-state index contributed by atoms with van der Waals surface area (Å²) >= 11 is 6.24. The van der Waals surface area contributed by atoms with Crippen LogP contribution in [0, 0.1) is 0 Å². The zero-order chi connectivity index (χ0) is 14.1. The molecular formula is C17H29Cl2N. The normalized spacial score (nSPS) is 11.2. The predicted molar refractivity (Wildman–Crippen MR) is 85.5 cm³/mol. The molecular weight excluding hydrogens is 289 g/mol. The lowest BCUT2D eigenvalue weighted by atomic mass is 10.1. The van der Waals surface area contributed by atoms with E-state index in [1.807, 2.05) is 12.1 Å². The van der Waals surface area contributed by atoms with Crippen LogP contribution in [0.5, 0.6) is 0 Å². The first kappa shape index (κ1) is 19.8. The highest BCUT2D eigenvalue weighted by molar-refractivity contribution is 6.31. The van der Waals surface area contributed by atoms with Crippen LogP contribution in [-0.4, -0.2) is 25.1 Å². The molecule has 0 atom stereocenters. The van der Waals surface area contributed by atoms with Gasteiger partial charge in [0.2, 0.25) is 0 Å². The fourth-order valence-corrected chi connectivity index (χ4v) is 2.68. The van der Waals surface area contributed by atoms with Crippen molar-refractivity contribution in [2.24, 2.45) is 0 Å². The van der Waals surface area contributed by atoms with Gasteiger partial charge in [0.1, 0.15) is 6.54 Å². The minimum atomic E-state index is 0. The molecule has 3 heteroatoms. The topological polar surface area (TPSA) is 0 Å². The summed E-state index contributed by atoms with van der Waals surface area (Å²) < 4.78 is 1.03. The van der Waals surface area contributed by atoms with E-state index in [1.165, 1.54) is 50.6 Å². The van der Waals surface area contributed by atoms with Crippen LogP contribution in [0.2, 0.25) is 5.02 Å². The molecule has 1 nitrogen and oxygen atoms in total. The number of quaternary nitrogens is 1. The number of hydrogen-bond acceptors (Lipinski definition) is 0. The Kier molecular flexibility index (Phi) is 10.4. The molecule has 0 aromatic heterocycles. The molecule has 0 heterocycles. The van der Waals surface area contributed by atoms with Crippen LogP contribution in [0.4, 0.5) is 0 Å². The first-order valence-electron chi connectivity index (χ1n) is 7.60. The van der Waals surface area contributed by atoms with Gasteiger partial charge in [0.15, 0.2) is 0 Å². The molecule has 0 bridgehead atoms. The van der Waals surface area contributed by atoms with Gasteiger partial charge in [-0.2, -0.15) is 0 Å². The van der Waals surface area contributed by atoms with E-state index < -0.39 is 0 Å². The zero-order valence-electron chi connectivity index (χ0n) is 13.2.